The molecule has 28 heavy (non-hydrogen) atoms. The minimum absolute atomic E-state index is 0.0870. The normalized spacial score (nSPS) is 21.9. The number of phenols is 1. The average molecular weight is 385 g/mol. The fourth-order valence-electron chi connectivity index (χ4n) is 4.57. The van der Waals surface area contributed by atoms with Crippen molar-refractivity contribution in [3.63, 3.8) is 0 Å². The maximum atomic E-state index is 10.6. The topological polar surface area (TPSA) is 40.5 Å². The zero-order valence-electron chi connectivity index (χ0n) is 19.4. The highest BCUT2D eigenvalue weighted by atomic mass is 16.3. The van der Waals surface area contributed by atoms with Crippen LogP contribution in [0.1, 0.15) is 90.8 Å². The van der Waals surface area contributed by atoms with Crippen molar-refractivity contribution >= 4 is 0 Å². The molecule has 0 saturated heterocycles. The SMILES string of the molecule is CCCC(c1cc(C(C)(C)C)c(O)cc1C)C1C=C(C(C)(C)C)C(O)=CC1C. The van der Waals surface area contributed by atoms with E-state index in [9.17, 15) is 10.2 Å². The second-order valence-electron chi connectivity index (χ2n) is 10.7. The van der Waals surface area contributed by atoms with E-state index in [-0.39, 0.29) is 16.7 Å². The Morgan fingerprint density at radius 1 is 0.964 bits per heavy atom. The monoisotopic (exact) mass is 384 g/mol. The summed E-state index contributed by atoms with van der Waals surface area (Å²) in [6, 6.07) is 4.17. The highest BCUT2D eigenvalue weighted by Gasteiger charge is 2.34. The van der Waals surface area contributed by atoms with Crippen LogP contribution in [0.15, 0.2) is 35.6 Å². The molecular formula is C26H40O2. The van der Waals surface area contributed by atoms with Crippen LogP contribution in [-0.4, -0.2) is 10.2 Å². The van der Waals surface area contributed by atoms with Crippen LogP contribution in [0.5, 0.6) is 5.75 Å². The van der Waals surface area contributed by atoms with Gasteiger partial charge in [0.05, 0.1) is 0 Å². The molecule has 1 aliphatic rings. The number of hydrogen-bond donors (Lipinski definition) is 2. The van der Waals surface area contributed by atoms with Crippen LogP contribution in [0, 0.1) is 24.2 Å². The summed E-state index contributed by atoms with van der Waals surface area (Å²) in [4.78, 5) is 0. The van der Waals surface area contributed by atoms with Crippen molar-refractivity contribution in [3.8, 4) is 5.75 Å². The Hall–Kier alpha value is -1.70. The zero-order chi connectivity index (χ0) is 21.4. The maximum Gasteiger partial charge on any atom is 0.119 e. The molecule has 0 aromatic heterocycles. The van der Waals surface area contributed by atoms with Crippen molar-refractivity contribution < 1.29 is 10.2 Å². The number of aromatic hydroxyl groups is 1. The molecule has 0 saturated carbocycles. The number of aliphatic hydroxyl groups excluding tert-OH is 1. The van der Waals surface area contributed by atoms with Crippen LogP contribution in [0.25, 0.3) is 0 Å². The van der Waals surface area contributed by atoms with Crippen molar-refractivity contribution in [1.82, 2.24) is 0 Å². The van der Waals surface area contributed by atoms with E-state index in [0.717, 1.165) is 29.5 Å². The molecule has 0 heterocycles. The van der Waals surface area contributed by atoms with Crippen molar-refractivity contribution in [3.05, 3.63) is 52.3 Å². The molecule has 1 aromatic carbocycles. The summed E-state index contributed by atoms with van der Waals surface area (Å²) in [6.45, 7) is 19.5. The zero-order valence-corrected chi connectivity index (χ0v) is 19.4. The van der Waals surface area contributed by atoms with E-state index in [1.54, 1.807) is 0 Å². The molecule has 0 amide bonds. The predicted molar refractivity (Wildman–Crippen MR) is 120 cm³/mol. The Morgan fingerprint density at radius 2 is 1.57 bits per heavy atom. The minimum Gasteiger partial charge on any atom is -0.508 e. The summed E-state index contributed by atoms with van der Waals surface area (Å²) in [6.07, 6.45) is 6.55. The molecule has 1 aliphatic carbocycles. The molecule has 2 N–H and O–H groups in total. The smallest absolute Gasteiger partial charge is 0.119 e. The van der Waals surface area contributed by atoms with Crippen LogP contribution in [0.2, 0.25) is 0 Å². The van der Waals surface area contributed by atoms with Crippen LogP contribution in [0.3, 0.4) is 0 Å². The van der Waals surface area contributed by atoms with E-state index < -0.39 is 0 Å². The molecule has 3 atom stereocenters. The molecule has 2 nitrogen and oxygen atoms in total. The van der Waals surface area contributed by atoms with Gasteiger partial charge in [0.25, 0.3) is 0 Å². The third kappa shape index (κ3) is 4.64. The molecule has 2 rings (SSSR count). The fraction of sp³-hybridized carbons (Fsp3) is 0.615. The summed E-state index contributed by atoms with van der Waals surface area (Å²) in [7, 11) is 0. The van der Waals surface area contributed by atoms with Crippen molar-refractivity contribution in [2.45, 2.75) is 86.5 Å². The first-order valence-electron chi connectivity index (χ1n) is 10.7. The van der Waals surface area contributed by atoms with E-state index in [1.165, 1.54) is 5.56 Å². The van der Waals surface area contributed by atoms with Crippen molar-refractivity contribution in [1.29, 1.82) is 0 Å². The van der Waals surface area contributed by atoms with Gasteiger partial charge in [-0.25, -0.2) is 0 Å². The number of aliphatic hydroxyl groups is 1. The molecule has 1 aromatic rings. The van der Waals surface area contributed by atoms with Crippen molar-refractivity contribution in [2.75, 3.05) is 0 Å². The van der Waals surface area contributed by atoms with Crippen LogP contribution in [-0.2, 0) is 5.41 Å². The molecule has 0 radical (unpaired) electrons. The van der Waals surface area contributed by atoms with Gasteiger partial charge < -0.3 is 10.2 Å². The van der Waals surface area contributed by atoms with Gasteiger partial charge in [0.1, 0.15) is 11.5 Å². The lowest BCUT2D eigenvalue weighted by atomic mass is 9.68. The Kier molecular flexibility index (Phi) is 6.43. The second-order valence-corrected chi connectivity index (χ2v) is 10.7. The standard InChI is InChI=1S/C26H40O2/c1-10-11-18(19-14-21(25(4,5)6)23(27)12-16(19)2)20-15-22(26(7,8)9)24(28)13-17(20)3/h12-16,18-19,27-28H,10-11H2,1-9H3. The Morgan fingerprint density at radius 3 is 2.07 bits per heavy atom. The molecular weight excluding hydrogens is 344 g/mol. The number of hydrogen-bond acceptors (Lipinski definition) is 2. The maximum absolute atomic E-state index is 10.6. The van der Waals surface area contributed by atoms with Gasteiger partial charge in [0.2, 0.25) is 0 Å². The second kappa shape index (κ2) is 7.97. The van der Waals surface area contributed by atoms with Crippen LogP contribution >= 0.6 is 0 Å². The molecule has 0 spiro atoms. The lowest BCUT2D eigenvalue weighted by Crippen LogP contribution is -2.26. The van der Waals surface area contributed by atoms with Gasteiger partial charge in [-0.1, -0.05) is 74.0 Å². The highest BCUT2D eigenvalue weighted by molar-refractivity contribution is 5.47. The quantitative estimate of drug-likeness (QED) is 0.562. The average Bonchev–Trinajstić information content (AvgIpc) is 2.51. The van der Waals surface area contributed by atoms with Crippen molar-refractivity contribution in [2.24, 2.45) is 17.3 Å². The summed E-state index contributed by atoms with van der Waals surface area (Å²) >= 11 is 0. The van der Waals surface area contributed by atoms with E-state index in [1.807, 2.05) is 12.1 Å². The van der Waals surface area contributed by atoms with Gasteiger partial charge in [0.15, 0.2) is 0 Å². The summed E-state index contributed by atoms with van der Waals surface area (Å²) in [5, 5.41) is 21.1. The largest absolute Gasteiger partial charge is 0.508 e. The third-order valence-corrected chi connectivity index (χ3v) is 6.13. The molecule has 0 fully saturated rings. The van der Waals surface area contributed by atoms with Gasteiger partial charge in [-0.3, -0.25) is 0 Å². The third-order valence-electron chi connectivity index (χ3n) is 6.13. The highest BCUT2D eigenvalue weighted by Crippen LogP contribution is 2.46. The van der Waals surface area contributed by atoms with Gasteiger partial charge in [-0.15, -0.1) is 0 Å². The molecule has 3 unspecified atom stereocenters. The van der Waals surface area contributed by atoms with Crippen LogP contribution < -0.4 is 0 Å². The van der Waals surface area contributed by atoms with Gasteiger partial charge >= 0.3 is 0 Å². The number of allylic oxidation sites excluding steroid dienone is 3. The molecule has 0 bridgehead atoms. The number of benzene rings is 1. The number of phenolic OH excluding ortho intramolecular Hbond substituents is 1. The van der Waals surface area contributed by atoms with Gasteiger partial charge in [-0.05, 0) is 76.3 Å². The lowest BCUT2D eigenvalue weighted by molar-refractivity contribution is 0.325. The molecule has 2 heteroatoms. The Balaban J connectivity index is 2.62. The molecule has 0 aliphatic heterocycles. The summed E-state index contributed by atoms with van der Waals surface area (Å²) in [5.74, 6) is 1.80. The molecule has 156 valence electrons. The van der Waals surface area contributed by atoms with E-state index in [2.05, 4.69) is 74.5 Å². The first kappa shape index (κ1) is 22.6. The number of rotatable bonds is 4. The van der Waals surface area contributed by atoms with Gasteiger partial charge in [0, 0.05) is 0 Å². The predicted octanol–water partition coefficient (Wildman–Crippen LogP) is 7.56. The Bertz CT molecular complexity index is 769. The number of aryl methyl sites for hydroxylation is 1. The Labute approximate surface area is 172 Å². The van der Waals surface area contributed by atoms with E-state index in [4.69, 9.17) is 0 Å². The van der Waals surface area contributed by atoms with E-state index >= 15 is 0 Å². The minimum atomic E-state index is -0.105. The summed E-state index contributed by atoms with van der Waals surface area (Å²) < 4.78 is 0. The lowest BCUT2D eigenvalue weighted by Gasteiger charge is -2.36. The first-order valence-corrected chi connectivity index (χ1v) is 10.7. The summed E-state index contributed by atoms with van der Waals surface area (Å²) in [5.41, 5.74) is 4.35. The van der Waals surface area contributed by atoms with E-state index in [0.29, 0.717) is 23.3 Å². The fourth-order valence-corrected chi connectivity index (χ4v) is 4.57. The van der Waals surface area contributed by atoms with Gasteiger partial charge in [-0.2, -0.15) is 0 Å². The van der Waals surface area contributed by atoms with Crippen LogP contribution in [0.4, 0.5) is 0 Å². The first-order chi connectivity index (χ1) is 12.8.